The second-order valence-corrected chi connectivity index (χ2v) is 7.06. The Hall–Kier alpha value is -3.00. The molecule has 0 aliphatic heterocycles. The second kappa shape index (κ2) is 10.5. The lowest BCUT2D eigenvalue weighted by molar-refractivity contribution is 0.216. The number of aryl methyl sites for hydroxylation is 2. The number of hydrogen-bond donors (Lipinski definition) is 1. The zero-order valence-electron chi connectivity index (χ0n) is 16.4. The molecule has 0 atom stereocenters. The van der Waals surface area contributed by atoms with Crippen molar-refractivity contribution in [2.45, 2.75) is 25.9 Å². The van der Waals surface area contributed by atoms with Crippen LogP contribution in [0.25, 0.3) is 0 Å². The summed E-state index contributed by atoms with van der Waals surface area (Å²) in [5.74, 6) is 1.31. The fourth-order valence-corrected chi connectivity index (χ4v) is 2.84. The van der Waals surface area contributed by atoms with Gasteiger partial charge < -0.3 is 14.2 Å². The highest BCUT2D eigenvalue weighted by molar-refractivity contribution is 6.30. The van der Waals surface area contributed by atoms with Crippen molar-refractivity contribution >= 4 is 23.4 Å². The third kappa shape index (κ3) is 6.83. The van der Waals surface area contributed by atoms with E-state index >= 15 is 0 Å². The molecule has 8 nitrogen and oxygen atoms in total. The predicted molar refractivity (Wildman–Crippen MR) is 112 cm³/mol. The first-order valence-electron chi connectivity index (χ1n) is 9.50. The Bertz CT molecular complexity index is 879. The van der Waals surface area contributed by atoms with Crippen molar-refractivity contribution < 1.29 is 9.53 Å². The number of carbonyl (C=O) groups excluding carboxylic acids is 1. The van der Waals surface area contributed by atoms with Crippen LogP contribution in [0.1, 0.15) is 12.8 Å². The number of rotatable bonds is 10. The monoisotopic (exact) mass is 416 g/mol. The van der Waals surface area contributed by atoms with E-state index in [9.17, 15) is 4.79 Å². The van der Waals surface area contributed by atoms with Crippen molar-refractivity contribution in [3.63, 3.8) is 0 Å². The van der Waals surface area contributed by atoms with Gasteiger partial charge in [0.15, 0.2) is 5.82 Å². The van der Waals surface area contributed by atoms with Crippen LogP contribution < -0.4 is 10.1 Å². The number of halogens is 1. The highest BCUT2D eigenvalue weighted by Crippen LogP contribution is 2.15. The first-order valence-corrected chi connectivity index (χ1v) is 9.87. The van der Waals surface area contributed by atoms with E-state index < -0.39 is 0 Å². The molecule has 0 fully saturated rings. The maximum Gasteiger partial charge on any atom is 0.322 e. The molecule has 29 heavy (non-hydrogen) atoms. The SMILES string of the molecule is CN(CCCOc1ccc(Cl)cc1)C(=O)Nc1ccn(CCCn2ccnc2)n1. The van der Waals surface area contributed by atoms with Gasteiger partial charge >= 0.3 is 6.03 Å². The summed E-state index contributed by atoms with van der Waals surface area (Å²) >= 11 is 5.85. The highest BCUT2D eigenvalue weighted by atomic mass is 35.5. The molecule has 0 aliphatic carbocycles. The van der Waals surface area contributed by atoms with Crippen LogP contribution in [0.2, 0.25) is 5.02 Å². The Morgan fingerprint density at radius 1 is 1.17 bits per heavy atom. The van der Waals surface area contributed by atoms with Crippen LogP contribution in [0, 0.1) is 0 Å². The lowest BCUT2D eigenvalue weighted by Crippen LogP contribution is -2.33. The molecule has 3 aromatic rings. The molecule has 3 rings (SSSR count). The molecule has 0 radical (unpaired) electrons. The molecule has 2 amide bonds. The summed E-state index contributed by atoms with van der Waals surface area (Å²) in [6.07, 6.45) is 9.01. The molecular weight excluding hydrogens is 392 g/mol. The average Bonchev–Trinajstić information content (AvgIpc) is 3.39. The smallest absolute Gasteiger partial charge is 0.322 e. The van der Waals surface area contributed by atoms with E-state index in [2.05, 4.69) is 15.4 Å². The van der Waals surface area contributed by atoms with E-state index in [1.807, 2.05) is 33.8 Å². The van der Waals surface area contributed by atoms with Crippen molar-refractivity contribution in [1.82, 2.24) is 24.2 Å². The van der Waals surface area contributed by atoms with Gasteiger partial charge in [0, 0.05) is 56.4 Å². The summed E-state index contributed by atoms with van der Waals surface area (Å²) in [4.78, 5) is 17.9. The number of nitrogens with one attached hydrogen (secondary N) is 1. The van der Waals surface area contributed by atoms with Gasteiger partial charge in [0.25, 0.3) is 0 Å². The lowest BCUT2D eigenvalue weighted by Gasteiger charge is -2.17. The minimum absolute atomic E-state index is 0.194. The molecule has 0 spiro atoms. The van der Waals surface area contributed by atoms with Crippen molar-refractivity contribution in [3.8, 4) is 5.75 Å². The minimum atomic E-state index is -0.194. The van der Waals surface area contributed by atoms with Crippen LogP contribution >= 0.6 is 11.6 Å². The van der Waals surface area contributed by atoms with Gasteiger partial charge in [-0.2, -0.15) is 5.10 Å². The third-order valence-corrected chi connectivity index (χ3v) is 4.56. The van der Waals surface area contributed by atoms with Gasteiger partial charge in [-0.1, -0.05) is 11.6 Å². The van der Waals surface area contributed by atoms with Crippen molar-refractivity contribution in [2.75, 3.05) is 25.5 Å². The van der Waals surface area contributed by atoms with Gasteiger partial charge in [-0.05, 0) is 37.1 Å². The van der Waals surface area contributed by atoms with Crippen molar-refractivity contribution in [2.24, 2.45) is 0 Å². The standard InChI is InChI=1S/C20H25ClN6O2/c1-25(10-3-15-29-18-6-4-17(21)5-7-18)20(28)23-19-8-13-27(24-19)12-2-11-26-14-9-22-16-26/h4-9,13-14,16H,2-3,10-12,15H2,1H3,(H,23,24,28). The van der Waals surface area contributed by atoms with Gasteiger partial charge in [-0.3, -0.25) is 10.00 Å². The molecule has 0 unspecified atom stereocenters. The number of nitrogens with zero attached hydrogens (tertiary/aromatic N) is 5. The maximum absolute atomic E-state index is 12.3. The number of ether oxygens (including phenoxy) is 1. The van der Waals surface area contributed by atoms with E-state index in [-0.39, 0.29) is 6.03 Å². The first-order chi connectivity index (χ1) is 14.1. The van der Waals surface area contributed by atoms with Crippen LogP contribution in [0.5, 0.6) is 5.75 Å². The minimum Gasteiger partial charge on any atom is -0.494 e. The molecule has 1 N–H and O–H groups in total. The molecule has 0 bridgehead atoms. The largest absolute Gasteiger partial charge is 0.494 e. The second-order valence-electron chi connectivity index (χ2n) is 6.63. The predicted octanol–water partition coefficient (Wildman–Crippen LogP) is 3.76. The zero-order valence-corrected chi connectivity index (χ0v) is 17.1. The fraction of sp³-hybridized carbons (Fsp3) is 0.350. The molecular formula is C20H25ClN6O2. The topological polar surface area (TPSA) is 77.2 Å². The molecule has 2 heterocycles. The van der Waals surface area contributed by atoms with E-state index in [4.69, 9.17) is 16.3 Å². The Morgan fingerprint density at radius 3 is 2.76 bits per heavy atom. The number of benzene rings is 1. The lowest BCUT2D eigenvalue weighted by atomic mass is 10.3. The number of urea groups is 1. The highest BCUT2D eigenvalue weighted by Gasteiger charge is 2.10. The van der Waals surface area contributed by atoms with Crippen LogP contribution in [0.4, 0.5) is 10.6 Å². The summed E-state index contributed by atoms with van der Waals surface area (Å²) in [5.41, 5.74) is 0. The van der Waals surface area contributed by atoms with E-state index in [0.717, 1.165) is 31.7 Å². The van der Waals surface area contributed by atoms with Crippen LogP contribution in [-0.2, 0) is 13.1 Å². The summed E-state index contributed by atoms with van der Waals surface area (Å²) in [6.45, 7) is 2.74. The summed E-state index contributed by atoms with van der Waals surface area (Å²) in [7, 11) is 1.75. The van der Waals surface area contributed by atoms with Gasteiger partial charge in [0.05, 0.1) is 12.9 Å². The number of amides is 2. The molecule has 0 saturated carbocycles. The molecule has 154 valence electrons. The Morgan fingerprint density at radius 2 is 2.00 bits per heavy atom. The Balaban J connectivity index is 1.33. The molecule has 0 aliphatic rings. The fourth-order valence-electron chi connectivity index (χ4n) is 2.72. The molecule has 0 saturated heterocycles. The van der Waals surface area contributed by atoms with Crippen molar-refractivity contribution in [1.29, 1.82) is 0 Å². The average molecular weight is 417 g/mol. The molecule has 9 heteroatoms. The number of imidazole rings is 1. The summed E-state index contributed by atoms with van der Waals surface area (Å²) in [5, 5.41) is 7.88. The number of carbonyl (C=O) groups is 1. The van der Waals surface area contributed by atoms with E-state index in [0.29, 0.717) is 24.0 Å². The van der Waals surface area contributed by atoms with E-state index in [1.165, 1.54) is 0 Å². The van der Waals surface area contributed by atoms with Crippen LogP contribution in [0.3, 0.4) is 0 Å². The molecule has 2 aromatic heterocycles. The van der Waals surface area contributed by atoms with Crippen LogP contribution in [0.15, 0.2) is 55.2 Å². The first kappa shape index (κ1) is 20.7. The van der Waals surface area contributed by atoms with Crippen molar-refractivity contribution in [3.05, 3.63) is 60.3 Å². The Labute approximate surface area is 175 Å². The third-order valence-electron chi connectivity index (χ3n) is 4.31. The zero-order chi connectivity index (χ0) is 20.5. The van der Waals surface area contributed by atoms with Gasteiger partial charge in [0.1, 0.15) is 5.75 Å². The quantitative estimate of drug-likeness (QED) is 0.510. The van der Waals surface area contributed by atoms with E-state index in [1.54, 1.807) is 42.7 Å². The normalized spacial score (nSPS) is 10.7. The number of hydrogen-bond acceptors (Lipinski definition) is 4. The maximum atomic E-state index is 12.3. The van der Waals surface area contributed by atoms with Crippen LogP contribution in [-0.4, -0.2) is 50.5 Å². The summed E-state index contributed by atoms with van der Waals surface area (Å²) in [6, 6.07) is 8.82. The Kier molecular flexibility index (Phi) is 7.52. The number of aromatic nitrogens is 4. The van der Waals surface area contributed by atoms with Gasteiger partial charge in [0.2, 0.25) is 0 Å². The molecule has 1 aromatic carbocycles. The number of anilines is 1. The van der Waals surface area contributed by atoms with Gasteiger partial charge in [-0.15, -0.1) is 0 Å². The summed E-state index contributed by atoms with van der Waals surface area (Å²) < 4.78 is 9.49. The van der Waals surface area contributed by atoms with Gasteiger partial charge in [-0.25, -0.2) is 9.78 Å².